The van der Waals surface area contributed by atoms with E-state index in [1.54, 1.807) is 0 Å². The Morgan fingerprint density at radius 3 is 2.33 bits per heavy atom. The summed E-state index contributed by atoms with van der Waals surface area (Å²) in [5.41, 5.74) is 0. The quantitative estimate of drug-likeness (QED) is 0.491. The van der Waals surface area contributed by atoms with Crippen LogP contribution in [-0.2, 0) is 9.59 Å². The molecule has 5 nitrogen and oxygen atoms in total. The lowest BCUT2D eigenvalue weighted by Gasteiger charge is -2.08. The molecule has 0 heterocycles. The van der Waals surface area contributed by atoms with Crippen LogP contribution in [-0.4, -0.2) is 36.1 Å². The van der Waals surface area contributed by atoms with Crippen LogP contribution < -0.4 is 10.6 Å². The normalized spacial score (nSPS) is 10.6. The number of nitrogens with one attached hydrogen (secondary N) is 2. The summed E-state index contributed by atoms with van der Waals surface area (Å²) in [5, 5.41) is 14.5. The summed E-state index contributed by atoms with van der Waals surface area (Å²) in [5.74, 6) is -0.671. The number of hydrogen-bond acceptors (Lipinski definition) is 3. The van der Waals surface area contributed by atoms with Crippen molar-refractivity contribution in [3.05, 3.63) is 0 Å². The molecule has 3 N–H and O–H groups in total. The minimum absolute atomic E-state index is 0.0822. The molecule has 18 heavy (non-hydrogen) atoms. The summed E-state index contributed by atoms with van der Waals surface area (Å²) in [6.45, 7) is 5.67. The Hall–Kier alpha value is -1.10. The standard InChI is InChI=1S/C13H26N2O3/c1-11(2)14-10-6-7-12(16)15-9-5-3-4-8-13(17)18/h11,14H,3-10H2,1-2H3,(H,15,16)(H,17,18). The van der Waals surface area contributed by atoms with Crippen LogP contribution in [0.15, 0.2) is 0 Å². The molecule has 0 unspecified atom stereocenters. The Morgan fingerprint density at radius 2 is 1.72 bits per heavy atom. The van der Waals surface area contributed by atoms with Crippen LogP contribution in [0.2, 0.25) is 0 Å². The monoisotopic (exact) mass is 258 g/mol. The number of carboxylic acid groups (broad SMARTS) is 1. The first kappa shape index (κ1) is 16.9. The van der Waals surface area contributed by atoms with E-state index < -0.39 is 5.97 Å². The van der Waals surface area contributed by atoms with Gasteiger partial charge in [0.2, 0.25) is 5.91 Å². The van der Waals surface area contributed by atoms with E-state index >= 15 is 0 Å². The molecule has 0 fully saturated rings. The summed E-state index contributed by atoms with van der Waals surface area (Å²) in [4.78, 5) is 21.7. The van der Waals surface area contributed by atoms with E-state index in [4.69, 9.17) is 5.11 Å². The van der Waals surface area contributed by atoms with Crippen molar-refractivity contribution >= 4 is 11.9 Å². The maximum atomic E-state index is 11.4. The molecule has 0 saturated carbocycles. The van der Waals surface area contributed by atoms with Crippen LogP contribution in [0, 0.1) is 0 Å². The third-order valence-corrected chi connectivity index (χ3v) is 2.52. The van der Waals surface area contributed by atoms with E-state index in [1.807, 2.05) is 0 Å². The van der Waals surface area contributed by atoms with Gasteiger partial charge in [-0.05, 0) is 25.8 Å². The van der Waals surface area contributed by atoms with Gasteiger partial charge in [0.15, 0.2) is 0 Å². The zero-order valence-electron chi connectivity index (χ0n) is 11.5. The van der Waals surface area contributed by atoms with Gasteiger partial charge < -0.3 is 15.7 Å². The average molecular weight is 258 g/mol. The molecule has 0 aliphatic rings. The maximum absolute atomic E-state index is 11.4. The van der Waals surface area contributed by atoms with Gasteiger partial charge in [-0.25, -0.2) is 0 Å². The largest absolute Gasteiger partial charge is 0.481 e. The Balaban J connectivity index is 3.24. The lowest BCUT2D eigenvalue weighted by atomic mass is 10.2. The van der Waals surface area contributed by atoms with E-state index in [1.165, 1.54) is 0 Å². The molecular formula is C13H26N2O3. The molecule has 0 aromatic carbocycles. The van der Waals surface area contributed by atoms with Crippen LogP contribution in [0.4, 0.5) is 0 Å². The van der Waals surface area contributed by atoms with E-state index in [2.05, 4.69) is 24.5 Å². The van der Waals surface area contributed by atoms with Crippen LogP contribution >= 0.6 is 0 Å². The molecule has 0 saturated heterocycles. The van der Waals surface area contributed by atoms with Gasteiger partial charge in [0, 0.05) is 25.4 Å². The minimum Gasteiger partial charge on any atom is -0.481 e. The minimum atomic E-state index is -0.753. The first-order valence-electron chi connectivity index (χ1n) is 6.74. The number of rotatable bonds is 11. The van der Waals surface area contributed by atoms with Crippen LogP contribution in [0.3, 0.4) is 0 Å². The van der Waals surface area contributed by atoms with Crippen molar-refractivity contribution in [2.24, 2.45) is 0 Å². The highest BCUT2D eigenvalue weighted by atomic mass is 16.4. The second-order valence-electron chi connectivity index (χ2n) is 4.77. The molecule has 1 amide bonds. The summed E-state index contributed by atoms with van der Waals surface area (Å²) < 4.78 is 0. The fraction of sp³-hybridized carbons (Fsp3) is 0.846. The highest BCUT2D eigenvalue weighted by Crippen LogP contribution is 1.98. The van der Waals surface area contributed by atoms with Gasteiger partial charge in [0.05, 0.1) is 0 Å². The zero-order valence-corrected chi connectivity index (χ0v) is 11.5. The number of carboxylic acids is 1. The first-order valence-corrected chi connectivity index (χ1v) is 6.74. The summed E-state index contributed by atoms with van der Waals surface area (Å²) in [6.07, 6.45) is 4.00. The fourth-order valence-corrected chi connectivity index (χ4v) is 1.53. The average Bonchev–Trinajstić information content (AvgIpc) is 2.28. The first-order chi connectivity index (χ1) is 8.52. The van der Waals surface area contributed by atoms with E-state index in [9.17, 15) is 9.59 Å². The molecular weight excluding hydrogens is 232 g/mol. The zero-order chi connectivity index (χ0) is 13.8. The predicted octanol–water partition coefficient (Wildman–Crippen LogP) is 1.53. The van der Waals surface area contributed by atoms with Crippen molar-refractivity contribution in [3.8, 4) is 0 Å². The molecule has 0 bridgehead atoms. The molecule has 0 aliphatic heterocycles. The highest BCUT2D eigenvalue weighted by molar-refractivity contribution is 5.75. The molecule has 0 rings (SSSR count). The Labute approximate surface area is 109 Å². The molecule has 0 aromatic heterocycles. The Morgan fingerprint density at radius 1 is 1.00 bits per heavy atom. The van der Waals surface area contributed by atoms with Gasteiger partial charge in [0.1, 0.15) is 0 Å². The molecule has 0 atom stereocenters. The Kier molecular flexibility index (Phi) is 10.3. The second-order valence-corrected chi connectivity index (χ2v) is 4.77. The topological polar surface area (TPSA) is 78.4 Å². The fourth-order valence-electron chi connectivity index (χ4n) is 1.53. The molecule has 0 radical (unpaired) electrons. The number of carbonyl (C=O) groups excluding carboxylic acids is 1. The molecule has 0 aliphatic carbocycles. The van der Waals surface area contributed by atoms with Crippen LogP contribution in [0.25, 0.3) is 0 Å². The van der Waals surface area contributed by atoms with Gasteiger partial charge >= 0.3 is 5.97 Å². The Bertz CT molecular complexity index is 242. The smallest absolute Gasteiger partial charge is 0.303 e. The number of aliphatic carboxylic acids is 1. The van der Waals surface area contributed by atoms with Gasteiger partial charge in [-0.15, -0.1) is 0 Å². The number of amides is 1. The van der Waals surface area contributed by atoms with Crippen molar-refractivity contribution in [1.82, 2.24) is 10.6 Å². The molecule has 0 aromatic rings. The maximum Gasteiger partial charge on any atom is 0.303 e. The third-order valence-electron chi connectivity index (χ3n) is 2.52. The van der Waals surface area contributed by atoms with Crippen molar-refractivity contribution in [2.45, 2.75) is 58.4 Å². The summed E-state index contributed by atoms with van der Waals surface area (Å²) in [7, 11) is 0. The van der Waals surface area contributed by atoms with Gasteiger partial charge in [0.25, 0.3) is 0 Å². The van der Waals surface area contributed by atoms with Gasteiger partial charge in [-0.2, -0.15) is 0 Å². The lowest BCUT2D eigenvalue weighted by Crippen LogP contribution is -2.27. The van der Waals surface area contributed by atoms with E-state index in [0.717, 1.165) is 25.8 Å². The van der Waals surface area contributed by atoms with E-state index in [0.29, 0.717) is 25.4 Å². The number of unbranched alkanes of at least 4 members (excludes halogenated alkanes) is 2. The van der Waals surface area contributed by atoms with Crippen LogP contribution in [0.5, 0.6) is 0 Å². The van der Waals surface area contributed by atoms with Crippen molar-refractivity contribution in [3.63, 3.8) is 0 Å². The number of carbonyl (C=O) groups is 2. The summed E-state index contributed by atoms with van der Waals surface area (Å²) in [6, 6.07) is 0.460. The summed E-state index contributed by atoms with van der Waals surface area (Å²) >= 11 is 0. The highest BCUT2D eigenvalue weighted by Gasteiger charge is 2.01. The van der Waals surface area contributed by atoms with Gasteiger partial charge in [-0.1, -0.05) is 20.3 Å². The SMILES string of the molecule is CC(C)NCCCC(=O)NCCCCCC(=O)O. The molecule has 106 valence electrons. The van der Waals surface area contributed by atoms with E-state index in [-0.39, 0.29) is 12.3 Å². The van der Waals surface area contributed by atoms with Crippen LogP contribution in [0.1, 0.15) is 52.4 Å². The number of hydrogen-bond donors (Lipinski definition) is 3. The molecule has 0 spiro atoms. The third kappa shape index (κ3) is 13.0. The van der Waals surface area contributed by atoms with Gasteiger partial charge in [-0.3, -0.25) is 9.59 Å². The van der Waals surface area contributed by atoms with Crippen molar-refractivity contribution in [2.75, 3.05) is 13.1 Å². The predicted molar refractivity (Wildman–Crippen MR) is 71.5 cm³/mol. The van der Waals surface area contributed by atoms with Crippen molar-refractivity contribution < 1.29 is 14.7 Å². The van der Waals surface area contributed by atoms with Crippen molar-refractivity contribution in [1.29, 1.82) is 0 Å². The lowest BCUT2D eigenvalue weighted by molar-refractivity contribution is -0.137. The second kappa shape index (κ2) is 11.0. The molecule has 5 heteroatoms.